The Kier molecular flexibility index (Phi) is 4.82. The molecule has 3 nitrogen and oxygen atoms in total. The standard InChI is InChI=1S/C19H27NO2/c21-18(19(22)12-5-2-6-13-19)20-17-14-16(17)11-7-10-15-8-3-1-4-9-15/h1,3-4,8-9,16-17,22H,2,5-7,10-14H2,(H,20,21)/t16-,17-/m1/s1. The van der Waals surface area contributed by atoms with Crippen LogP contribution in [0.5, 0.6) is 0 Å². The fourth-order valence-corrected chi connectivity index (χ4v) is 3.62. The van der Waals surface area contributed by atoms with Crippen molar-refractivity contribution in [3.8, 4) is 0 Å². The normalized spacial score (nSPS) is 26.4. The summed E-state index contributed by atoms with van der Waals surface area (Å²) in [5.74, 6) is 0.489. The minimum Gasteiger partial charge on any atom is -0.380 e. The second kappa shape index (κ2) is 6.82. The molecule has 0 aromatic heterocycles. The molecule has 2 aliphatic rings. The van der Waals surface area contributed by atoms with Crippen molar-refractivity contribution in [2.24, 2.45) is 5.92 Å². The predicted octanol–water partition coefficient (Wildman–Crippen LogP) is 3.21. The van der Waals surface area contributed by atoms with Crippen molar-refractivity contribution in [1.82, 2.24) is 5.32 Å². The SMILES string of the molecule is O=C(N[C@@H]1C[C@H]1CCCc1ccccc1)C1(O)CCCCC1. The van der Waals surface area contributed by atoms with Crippen LogP contribution in [0.2, 0.25) is 0 Å². The smallest absolute Gasteiger partial charge is 0.252 e. The Bertz CT molecular complexity index is 493. The van der Waals surface area contributed by atoms with Crippen molar-refractivity contribution < 1.29 is 9.90 Å². The number of aliphatic hydroxyl groups is 1. The topological polar surface area (TPSA) is 49.3 Å². The molecule has 1 aromatic rings. The van der Waals surface area contributed by atoms with Crippen LogP contribution in [0.25, 0.3) is 0 Å². The summed E-state index contributed by atoms with van der Waals surface area (Å²) in [5, 5.41) is 13.5. The highest BCUT2D eigenvalue weighted by Crippen LogP contribution is 2.36. The van der Waals surface area contributed by atoms with E-state index in [1.807, 2.05) is 6.07 Å². The molecule has 0 saturated heterocycles. The van der Waals surface area contributed by atoms with Gasteiger partial charge in [0.15, 0.2) is 0 Å². The van der Waals surface area contributed by atoms with Crippen LogP contribution in [0.15, 0.2) is 30.3 Å². The maximum Gasteiger partial charge on any atom is 0.252 e. The van der Waals surface area contributed by atoms with Crippen LogP contribution in [0.4, 0.5) is 0 Å². The quantitative estimate of drug-likeness (QED) is 0.847. The average molecular weight is 301 g/mol. The van der Waals surface area contributed by atoms with E-state index < -0.39 is 5.60 Å². The number of benzene rings is 1. The van der Waals surface area contributed by atoms with Crippen LogP contribution in [0, 0.1) is 5.92 Å². The van der Waals surface area contributed by atoms with Crippen molar-refractivity contribution >= 4 is 5.91 Å². The van der Waals surface area contributed by atoms with Gasteiger partial charge in [-0.2, -0.15) is 0 Å². The summed E-state index contributed by atoms with van der Waals surface area (Å²) < 4.78 is 0. The molecule has 0 radical (unpaired) electrons. The second-order valence-corrected chi connectivity index (χ2v) is 7.05. The Balaban J connectivity index is 1.36. The lowest BCUT2D eigenvalue weighted by molar-refractivity contribution is -0.143. The molecule has 120 valence electrons. The molecular weight excluding hydrogens is 274 g/mol. The minimum absolute atomic E-state index is 0.122. The van der Waals surface area contributed by atoms with Crippen molar-refractivity contribution in [2.45, 2.75) is 69.4 Å². The average Bonchev–Trinajstić information content (AvgIpc) is 3.27. The molecule has 0 spiro atoms. The summed E-state index contributed by atoms with van der Waals surface area (Å²) in [4.78, 5) is 12.3. The van der Waals surface area contributed by atoms with Crippen LogP contribution < -0.4 is 5.32 Å². The summed E-state index contributed by atoms with van der Waals surface area (Å²) in [5.41, 5.74) is 0.301. The van der Waals surface area contributed by atoms with Gasteiger partial charge >= 0.3 is 0 Å². The molecule has 22 heavy (non-hydrogen) atoms. The number of hydrogen-bond acceptors (Lipinski definition) is 2. The van der Waals surface area contributed by atoms with Gasteiger partial charge in [0.25, 0.3) is 5.91 Å². The molecule has 3 rings (SSSR count). The highest BCUT2D eigenvalue weighted by atomic mass is 16.3. The fraction of sp³-hybridized carbons (Fsp3) is 0.632. The molecule has 0 aliphatic heterocycles. The number of amides is 1. The van der Waals surface area contributed by atoms with E-state index in [-0.39, 0.29) is 5.91 Å². The first-order chi connectivity index (χ1) is 10.7. The third-order valence-corrected chi connectivity index (χ3v) is 5.23. The van der Waals surface area contributed by atoms with E-state index in [0.717, 1.165) is 38.5 Å². The summed E-state index contributed by atoms with van der Waals surface area (Å²) in [6.45, 7) is 0. The molecule has 0 bridgehead atoms. The van der Waals surface area contributed by atoms with Gasteiger partial charge in [-0.1, -0.05) is 49.6 Å². The number of aryl methyl sites for hydroxylation is 1. The molecule has 2 fully saturated rings. The van der Waals surface area contributed by atoms with Crippen molar-refractivity contribution in [3.05, 3.63) is 35.9 Å². The number of rotatable bonds is 6. The van der Waals surface area contributed by atoms with E-state index in [2.05, 4.69) is 29.6 Å². The Hall–Kier alpha value is -1.35. The second-order valence-electron chi connectivity index (χ2n) is 7.05. The molecule has 1 amide bonds. The van der Waals surface area contributed by atoms with E-state index in [0.29, 0.717) is 24.8 Å². The van der Waals surface area contributed by atoms with Gasteiger partial charge in [-0.15, -0.1) is 0 Å². The molecule has 2 aliphatic carbocycles. The van der Waals surface area contributed by atoms with Crippen LogP contribution in [0.1, 0.15) is 56.9 Å². The van der Waals surface area contributed by atoms with E-state index in [9.17, 15) is 9.90 Å². The van der Waals surface area contributed by atoms with E-state index in [1.165, 1.54) is 12.0 Å². The van der Waals surface area contributed by atoms with Crippen molar-refractivity contribution in [1.29, 1.82) is 0 Å². The summed E-state index contributed by atoms with van der Waals surface area (Å²) in [7, 11) is 0. The van der Waals surface area contributed by atoms with Crippen molar-refractivity contribution in [3.63, 3.8) is 0 Å². The molecule has 3 heteroatoms. The Morgan fingerprint density at radius 1 is 1.18 bits per heavy atom. The molecule has 2 atom stereocenters. The predicted molar refractivity (Wildman–Crippen MR) is 87.5 cm³/mol. The van der Waals surface area contributed by atoms with Crippen LogP contribution in [-0.2, 0) is 11.2 Å². The summed E-state index contributed by atoms with van der Waals surface area (Å²) in [6, 6.07) is 10.9. The van der Waals surface area contributed by atoms with E-state index in [4.69, 9.17) is 0 Å². The molecule has 1 aromatic carbocycles. The largest absolute Gasteiger partial charge is 0.380 e. The zero-order valence-electron chi connectivity index (χ0n) is 13.3. The highest BCUT2D eigenvalue weighted by Gasteiger charge is 2.43. The Labute approximate surface area is 133 Å². The maximum atomic E-state index is 12.3. The molecular formula is C19H27NO2. The van der Waals surface area contributed by atoms with Gasteiger partial charge in [0.05, 0.1) is 0 Å². The lowest BCUT2D eigenvalue weighted by Crippen LogP contribution is -2.49. The summed E-state index contributed by atoms with van der Waals surface area (Å²) >= 11 is 0. The van der Waals surface area contributed by atoms with Gasteiger partial charge in [0.2, 0.25) is 0 Å². The zero-order valence-corrected chi connectivity index (χ0v) is 13.3. The third kappa shape index (κ3) is 3.89. The first kappa shape index (κ1) is 15.5. The first-order valence-corrected chi connectivity index (χ1v) is 8.75. The molecule has 2 saturated carbocycles. The maximum absolute atomic E-state index is 12.3. The zero-order chi connectivity index (χ0) is 15.4. The van der Waals surface area contributed by atoms with Crippen LogP contribution in [0.3, 0.4) is 0 Å². The van der Waals surface area contributed by atoms with E-state index in [1.54, 1.807) is 0 Å². The number of carbonyl (C=O) groups is 1. The van der Waals surface area contributed by atoms with Gasteiger partial charge in [-0.05, 0) is 50.0 Å². The summed E-state index contributed by atoms with van der Waals surface area (Å²) in [6.07, 6.45) is 8.86. The van der Waals surface area contributed by atoms with Crippen LogP contribution >= 0.6 is 0 Å². The first-order valence-electron chi connectivity index (χ1n) is 8.75. The number of carbonyl (C=O) groups excluding carboxylic acids is 1. The lowest BCUT2D eigenvalue weighted by Gasteiger charge is -2.30. The lowest BCUT2D eigenvalue weighted by atomic mass is 9.84. The molecule has 0 unspecified atom stereocenters. The van der Waals surface area contributed by atoms with Gasteiger partial charge in [-0.25, -0.2) is 0 Å². The van der Waals surface area contributed by atoms with E-state index >= 15 is 0 Å². The van der Waals surface area contributed by atoms with Gasteiger partial charge in [0.1, 0.15) is 5.60 Å². The Morgan fingerprint density at radius 3 is 2.64 bits per heavy atom. The third-order valence-electron chi connectivity index (χ3n) is 5.23. The fourth-order valence-electron chi connectivity index (χ4n) is 3.62. The highest BCUT2D eigenvalue weighted by molar-refractivity contribution is 5.85. The van der Waals surface area contributed by atoms with Crippen molar-refractivity contribution in [2.75, 3.05) is 0 Å². The Morgan fingerprint density at radius 2 is 1.91 bits per heavy atom. The number of hydrogen-bond donors (Lipinski definition) is 2. The van der Waals surface area contributed by atoms with Gasteiger partial charge in [0, 0.05) is 6.04 Å². The monoisotopic (exact) mass is 301 g/mol. The number of nitrogens with one attached hydrogen (secondary N) is 1. The van der Waals surface area contributed by atoms with Crippen LogP contribution in [-0.4, -0.2) is 22.7 Å². The van der Waals surface area contributed by atoms with Gasteiger partial charge in [-0.3, -0.25) is 4.79 Å². The molecule has 2 N–H and O–H groups in total. The molecule has 0 heterocycles. The minimum atomic E-state index is -1.09. The van der Waals surface area contributed by atoms with Gasteiger partial charge < -0.3 is 10.4 Å².